The van der Waals surface area contributed by atoms with Crippen LogP contribution >= 0.6 is 0 Å². The van der Waals surface area contributed by atoms with Gasteiger partial charge in [0.05, 0.1) is 0 Å². The minimum Gasteiger partial charge on any atom is -0.508 e. The number of hydrogen-bond donors (Lipinski definition) is 2. The van der Waals surface area contributed by atoms with Gasteiger partial charge in [-0.15, -0.1) is 0 Å². The third kappa shape index (κ3) is 1.33. The Morgan fingerprint density at radius 3 is 2.78 bits per heavy atom. The highest BCUT2D eigenvalue weighted by Gasteiger charge is 1.91. The molecule has 0 atom stereocenters. The number of aromatic hydroxyl groups is 1. The first kappa shape index (κ1) is 5.91. The van der Waals surface area contributed by atoms with Crippen LogP contribution in [0.3, 0.4) is 0 Å². The highest BCUT2D eigenvalue weighted by Crippen LogP contribution is 2.15. The van der Waals surface area contributed by atoms with Crippen LogP contribution in [-0.2, 0) is 0 Å². The molecule has 1 radical (unpaired) electrons. The summed E-state index contributed by atoms with van der Waals surface area (Å²) in [6.07, 6.45) is 0. The van der Waals surface area contributed by atoms with Crippen LogP contribution < -0.4 is 4.89 Å². The van der Waals surface area contributed by atoms with E-state index in [2.05, 4.69) is 11.0 Å². The van der Waals surface area contributed by atoms with E-state index in [1.165, 1.54) is 18.2 Å². The van der Waals surface area contributed by atoms with Gasteiger partial charge in [0.1, 0.15) is 5.75 Å². The lowest BCUT2D eigenvalue weighted by Crippen LogP contribution is -1.81. The predicted octanol–water partition coefficient (Wildman–Crippen LogP) is 1.04. The molecular formula is C6H5O3. The Bertz CT molecular complexity index is 197. The maximum absolute atomic E-state index is 8.73. The summed E-state index contributed by atoms with van der Waals surface area (Å²) in [6.45, 7) is 0. The highest BCUT2D eigenvalue weighted by molar-refractivity contribution is 5.29. The molecule has 0 amide bonds. The van der Waals surface area contributed by atoms with Crippen LogP contribution in [0.25, 0.3) is 0 Å². The van der Waals surface area contributed by atoms with Crippen molar-refractivity contribution in [3.05, 3.63) is 24.3 Å². The summed E-state index contributed by atoms with van der Waals surface area (Å²) in [6, 6.07) is 6.66. The summed E-state index contributed by atoms with van der Waals surface area (Å²) in [5.41, 5.74) is 0. The number of hydrogen-bond acceptors (Lipinski definition) is 3. The van der Waals surface area contributed by atoms with Crippen LogP contribution in [-0.4, -0.2) is 10.4 Å². The van der Waals surface area contributed by atoms with E-state index in [0.717, 1.165) is 0 Å². The molecule has 0 unspecified atom stereocenters. The lowest BCUT2D eigenvalue weighted by Gasteiger charge is -1.93. The molecule has 0 aliphatic heterocycles. The lowest BCUT2D eigenvalue weighted by atomic mass is 10.3. The lowest BCUT2D eigenvalue weighted by molar-refractivity contribution is -0.138. The summed E-state index contributed by atoms with van der Waals surface area (Å²) >= 11 is 0. The average molecular weight is 125 g/mol. The summed E-state index contributed by atoms with van der Waals surface area (Å²) in [5, 5.41) is 16.8. The van der Waals surface area contributed by atoms with Crippen LogP contribution in [0.15, 0.2) is 18.2 Å². The zero-order valence-corrected chi connectivity index (χ0v) is 4.53. The summed E-state index contributed by atoms with van der Waals surface area (Å²) in [7, 11) is 0. The predicted molar refractivity (Wildman–Crippen MR) is 30.2 cm³/mol. The number of rotatable bonds is 1. The van der Waals surface area contributed by atoms with Gasteiger partial charge in [-0.3, -0.25) is 0 Å². The number of benzene rings is 1. The van der Waals surface area contributed by atoms with E-state index in [1.54, 1.807) is 0 Å². The van der Waals surface area contributed by atoms with E-state index >= 15 is 0 Å². The summed E-state index contributed by atoms with van der Waals surface area (Å²) < 4.78 is 0. The van der Waals surface area contributed by atoms with Gasteiger partial charge in [-0.25, -0.2) is 5.26 Å². The van der Waals surface area contributed by atoms with E-state index < -0.39 is 0 Å². The Hall–Kier alpha value is -1.22. The fraction of sp³-hybridized carbons (Fsp3) is 0. The van der Waals surface area contributed by atoms with E-state index in [9.17, 15) is 0 Å². The molecule has 3 nitrogen and oxygen atoms in total. The zero-order chi connectivity index (χ0) is 6.69. The minimum atomic E-state index is 0.0396. The molecule has 0 saturated carbocycles. The topological polar surface area (TPSA) is 49.7 Å². The molecule has 0 aromatic heterocycles. The molecule has 2 N–H and O–H groups in total. The van der Waals surface area contributed by atoms with Gasteiger partial charge >= 0.3 is 0 Å². The molecule has 1 aromatic rings. The van der Waals surface area contributed by atoms with Crippen molar-refractivity contribution in [1.29, 1.82) is 0 Å². The summed E-state index contributed by atoms with van der Waals surface area (Å²) in [5.74, 6) is 0.146. The Kier molecular flexibility index (Phi) is 1.55. The standard InChI is InChI=1S/C6H5O3/c7-5-2-1-3-6(4-5)9-8/h1-2,4,7-8H. The molecule has 0 saturated heterocycles. The van der Waals surface area contributed by atoms with Crippen molar-refractivity contribution in [2.75, 3.05) is 0 Å². The first-order chi connectivity index (χ1) is 4.33. The van der Waals surface area contributed by atoms with E-state index in [4.69, 9.17) is 10.4 Å². The van der Waals surface area contributed by atoms with E-state index in [-0.39, 0.29) is 11.5 Å². The molecule has 0 aliphatic rings. The molecule has 1 aromatic carbocycles. The first-order valence-electron chi connectivity index (χ1n) is 2.35. The van der Waals surface area contributed by atoms with Gasteiger partial charge in [0.25, 0.3) is 0 Å². The van der Waals surface area contributed by atoms with Crippen molar-refractivity contribution in [3.63, 3.8) is 0 Å². The molecule has 1 rings (SSSR count). The van der Waals surface area contributed by atoms with Gasteiger partial charge in [0.15, 0.2) is 5.75 Å². The van der Waals surface area contributed by atoms with Gasteiger partial charge in [0.2, 0.25) is 0 Å². The molecule has 0 aliphatic carbocycles. The molecule has 47 valence electrons. The van der Waals surface area contributed by atoms with Crippen LogP contribution in [0, 0.1) is 6.07 Å². The third-order valence-electron chi connectivity index (χ3n) is 0.857. The molecule has 9 heavy (non-hydrogen) atoms. The van der Waals surface area contributed by atoms with Crippen LogP contribution in [0.5, 0.6) is 11.5 Å². The Labute approximate surface area is 52.1 Å². The molecule has 0 heterocycles. The second-order valence-electron chi connectivity index (χ2n) is 1.50. The quantitative estimate of drug-likeness (QED) is 0.435. The maximum Gasteiger partial charge on any atom is 0.176 e. The van der Waals surface area contributed by atoms with Crippen molar-refractivity contribution in [2.45, 2.75) is 0 Å². The zero-order valence-electron chi connectivity index (χ0n) is 4.53. The average Bonchev–Trinajstić information content (AvgIpc) is 1.88. The van der Waals surface area contributed by atoms with Crippen LogP contribution in [0.4, 0.5) is 0 Å². The van der Waals surface area contributed by atoms with Crippen LogP contribution in [0.2, 0.25) is 0 Å². The Morgan fingerprint density at radius 1 is 1.56 bits per heavy atom. The van der Waals surface area contributed by atoms with Gasteiger partial charge in [-0.2, -0.15) is 0 Å². The Balaban J connectivity index is 2.94. The number of phenolic OH excluding ortho intramolecular Hbond substituents is 1. The molecule has 0 bridgehead atoms. The SMILES string of the molecule is OOc1[c]ccc(O)c1. The van der Waals surface area contributed by atoms with Gasteiger partial charge in [-0.05, 0) is 12.1 Å². The normalized spacial score (nSPS) is 9.00. The van der Waals surface area contributed by atoms with Gasteiger partial charge in [-0.1, -0.05) is 0 Å². The second kappa shape index (κ2) is 2.37. The van der Waals surface area contributed by atoms with E-state index in [0.29, 0.717) is 0 Å². The molecular weight excluding hydrogens is 120 g/mol. The largest absolute Gasteiger partial charge is 0.508 e. The van der Waals surface area contributed by atoms with E-state index in [1.807, 2.05) is 0 Å². The minimum absolute atomic E-state index is 0.0396. The third-order valence-corrected chi connectivity index (χ3v) is 0.857. The Morgan fingerprint density at radius 2 is 2.33 bits per heavy atom. The molecule has 3 heteroatoms. The van der Waals surface area contributed by atoms with Crippen molar-refractivity contribution < 1.29 is 15.3 Å². The fourth-order valence-corrected chi connectivity index (χ4v) is 0.486. The van der Waals surface area contributed by atoms with Crippen molar-refractivity contribution >= 4 is 0 Å². The number of phenols is 1. The smallest absolute Gasteiger partial charge is 0.176 e. The van der Waals surface area contributed by atoms with Crippen molar-refractivity contribution in [1.82, 2.24) is 0 Å². The summed E-state index contributed by atoms with van der Waals surface area (Å²) in [4.78, 5) is 3.78. The van der Waals surface area contributed by atoms with Crippen LogP contribution in [0.1, 0.15) is 0 Å². The highest BCUT2D eigenvalue weighted by atomic mass is 17.1. The fourth-order valence-electron chi connectivity index (χ4n) is 0.486. The first-order valence-corrected chi connectivity index (χ1v) is 2.35. The monoisotopic (exact) mass is 125 g/mol. The molecule has 0 spiro atoms. The van der Waals surface area contributed by atoms with Crippen molar-refractivity contribution in [3.8, 4) is 11.5 Å². The maximum atomic E-state index is 8.73. The van der Waals surface area contributed by atoms with Gasteiger partial charge < -0.3 is 9.99 Å². The van der Waals surface area contributed by atoms with Crippen molar-refractivity contribution in [2.24, 2.45) is 0 Å². The van der Waals surface area contributed by atoms with Gasteiger partial charge in [0, 0.05) is 12.1 Å². The second-order valence-corrected chi connectivity index (χ2v) is 1.50. The molecule has 0 fully saturated rings.